The van der Waals surface area contributed by atoms with Gasteiger partial charge in [0.15, 0.2) is 6.61 Å². The van der Waals surface area contributed by atoms with E-state index in [1.807, 2.05) is 30.3 Å². The lowest BCUT2D eigenvalue weighted by Gasteiger charge is -2.11. The number of nitrogens with one attached hydrogen (secondary N) is 2. The molecule has 0 atom stereocenters. The zero-order valence-electron chi connectivity index (χ0n) is 16.7. The predicted molar refractivity (Wildman–Crippen MR) is 116 cm³/mol. The number of ether oxygens (including phenoxy) is 1. The van der Waals surface area contributed by atoms with E-state index >= 15 is 0 Å². The molecule has 7 heteroatoms. The largest absolute Gasteiger partial charge is 0.465 e. The van der Waals surface area contributed by atoms with Crippen LogP contribution in [0.25, 0.3) is 6.08 Å². The van der Waals surface area contributed by atoms with E-state index in [1.165, 1.54) is 18.4 Å². The molecule has 3 aromatic rings. The summed E-state index contributed by atoms with van der Waals surface area (Å²) < 4.78 is 9.97. The molecule has 158 valence electrons. The second-order valence-electron chi connectivity index (χ2n) is 6.54. The number of furan rings is 1. The van der Waals surface area contributed by atoms with Crippen molar-refractivity contribution in [3.8, 4) is 0 Å². The van der Waals surface area contributed by atoms with Crippen molar-refractivity contribution in [1.82, 2.24) is 5.32 Å². The molecular weight excluding hydrogens is 396 g/mol. The number of amides is 2. The Labute approximate surface area is 179 Å². The van der Waals surface area contributed by atoms with Crippen molar-refractivity contribution in [3.63, 3.8) is 0 Å². The number of carbonyl (C=O) groups is 3. The van der Waals surface area contributed by atoms with Gasteiger partial charge in [-0.05, 0) is 42.3 Å². The SMILES string of the molecule is O=C(COC(=O)/C=C/c1ccco1)Nc1ccccc1C(=O)NCCc1ccccc1. The van der Waals surface area contributed by atoms with Crippen LogP contribution in [0.3, 0.4) is 0 Å². The van der Waals surface area contributed by atoms with Crippen molar-refractivity contribution in [2.75, 3.05) is 18.5 Å². The second-order valence-corrected chi connectivity index (χ2v) is 6.54. The summed E-state index contributed by atoms with van der Waals surface area (Å²) in [7, 11) is 0. The van der Waals surface area contributed by atoms with E-state index in [4.69, 9.17) is 9.15 Å². The minimum Gasteiger partial charge on any atom is -0.465 e. The number of esters is 1. The Morgan fingerprint density at radius 1 is 0.935 bits per heavy atom. The van der Waals surface area contributed by atoms with Crippen LogP contribution in [0.4, 0.5) is 5.69 Å². The maximum atomic E-state index is 12.5. The maximum absolute atomic E-state index is 12.5. The molecule has 0 spiro atoms. The van der Waals surface area contributed by atoms with Crippen LogP contribution >= 0.6 is 0 Å². The Bertz CT molecular complexity index is 1040. The Kier molecular flexibility index (Phi) is 7.77. The molecule has 7 nitrogen and oxygen atoms in total. The third-order valence-corrected chi connectivity index (χ3v) is 4.26. The fourth-order valence-corrected chi connectivity index (χ4v) is 2.76. The topological polar surface area (TPSA) is 97.6 Å². The van der Waals surface area contributed by atoms with Crippen LogP contribution in [0.1, 0.15) is 21.7 Å². The molecule has 0 saturated heterocycles. The lowest BCUT2D eigenvalue weighted by molar-refractivity contribution is -0.142. The molecule has 0 aliphatic rings. The van der Waals surface area contributed by atoms with Gasteiger partial charge in [0.2, 0.25) is 0 Å². The molecule has 0 bridgehead atoms. The van der Waals surface area contributed by atoms with Gasteiger partial charge in [-0.1, -0.05) is 42.5 Å². The molecular formula is C24H22N2O5. The molecule has 31 heavy (non-hydrogen) atoms. The summed E-state index contributed by atoms with van der Waals surface area (Å²) >= 11 is 0. The fraction of sp³-hybridized carbons (Fsp3) is 0.125. The summed E-state index contributed by atoms with van der Waals surface area (Å²) in [5.74, 6) is -1.04. The lowest BCUT2D eigenvalue weighted by atomic mass is 10.1. The third-order valence-electron chi connectivity index (χ3n) is 4.26. The number of anilines is 1. The summed E-state index contributed by atoms with van der Waals surface area (Å²) in [6, 6.07) is 19.8. The second kappa shape index (κ2) is 11.2. The summed E-state index contributed by atoms with van der Waals surface area (Å²) in [5, 5.41) is 5.45. The summed E-state index contributed by atoms with van der Waals surface area (Å²) in [6.07, 6.45) is 4.78. The first-order valence-electron chi connectivity index (χ1n) is 9.71. The zero-order valence-corrected chi connectivity index (χ0v) is 16.7. The Balaban J connectivity index is 1.49. The standard InChI is InChI=1S/C24H22N2O5/c27-22(17-31-23(28)13-12-19-9-6-16-30-19)26-21-11-5-4-10-20(21)24(29)25-15-14-18-7-2-1-3-8-18/h1-13,16H,14-15,17H2,(H,25,29)(H,26,27)/b13-12+. The van der Waals surface area contributed by atoms with Crippen molar-refractivity contribution < 1.29 is 23.5 Å². The highest BCUT2D eigenvalue weighted by atomic mass is 16.5. The monoisotopic (exact) mass is 418 g/mol. The Morgan fingerprint density at radius 3 is 2.48 bits per heavy atom. The van der Waals surface area contributed by atoms with Crippen LogP contribution < -0.4 is 10.6 Å². The molecule has 0 fully saturated rings. The first-order chi connectivity index (χ1) is 15.1. The average molecular weight is 418 g/mol. The normalized spacial score (nSPS) is 10.6. The number of para-hydroxylation sites is 1. The Hall–Kier alpha value is -4.13. The highest BCUT2D eigenvalue weighted by Crippen LogP contribution is 2.15. The smallest absolute Gasteiger partial charge is 0.331 e. The van der Waals surface area contributed by atoms with E-state index < -0.39 is 18.5 Å². The van der Waals surface area contributed by atoms with Crippen molar-refractivity contribution in [1.29, 1.82) is 0 Å². The van der Waals surface area contributed by atoms with Gasteiger partial charge >= 0.3 is 5.97 Å². The molecule has 1 heterocycles. The summed E-state index contributed by atoms with van der Waals surface area (Å²) in [4.78, 5) is 36.4. The van der Waals surface area contributed by atoms with Crippen LogP contribution in [0.5, 0.6) is 0 Å². The van der Waals surface area contributed by atoms with E-state index in [1.54, 1.807) is 36.4 Å². The first kappa shape index (κ1) is 21.6. The van der Waals surface area contributed by atoms with Crippen LogP contribution in [0.2, 0.25) is 0 Å². The van der Waals surface area contributed by atoms with Crippen molar-refractivity contribution >= 4 is 29.5 Å². The first-order valence-corrected chi connectivity index (χ1v) is 9.71. The molecule has 0 aliphatic heterocycles. The zero-order chi connectivity index (χ0) is 21.9. The van der Waals surface area contributed by atoms with Crippen LogP contribution in [-0.2, 0) is 20.7 Å². The van der Waals surface area contributed by atoms with Crippen LogP contribution in [0, 0.1) is 0 Å². The van der Waals surface area contributed by atoms with E-state index in [0.717, 1.165) is 5.56 Å². The van der Waals surface area contributed by atoms with Gasteiger partial charge in [0.1, 0.15) is 5.76 Å². The van der Waals surface area contributed by atoms with E-state index in [-0.39, 0.29) is 5.91 Å². The van der Waals surface area contributed by atoms with Gasteiger partial charge in [-0.3, -0.25) is 9.59 Å². The van der Waals surface area contributed by atoms with Crippen LogP contribution in [0.15, 0.2) is 83.5 Å². The molecule has 0 unspecified atom stereocenters. The van der Waals surface area contributed by atoms with Crippen LogP contribution in [-0.4, -0.2) is 30.9 Å². The predicted octanol–water partition coefficient (Wildman–Crippen LogP) is 3.45. The summed E-state index contributed by atoms with van der Waals surface area (Å²) in [6.45, 7) is -0.0178. The van der Waals surface area contributed by atoms with Gasteiger partial charge in [-0.25, -0.2) is 4.79 Å². The quantitative estimate of drug-likeness (QED) is 0.410. The molecule has 3 rings (SSSR count). The number of hydrogen-bond donors (Lipinski definition) is 2. The van der Waals surface area contributed by atoms with Crippen molar-refractivity contribution in [2.24, 2.45) is 0 Å². The minimum absolute atomic E-state index is 0.301. The van der Waals surface area contributed by atoms with Gasteiger partial charge in [-0.2, -0.15) is 0 Å². The van der Waals surface area contributed by atoms with Crippen molar-refractivity contribution in [2.45, 2.75) is 6.42 Å². The number of benzene rings is 2. The molecule has 2 amide bonds. The molecule has 0 saturated carbocycles. The molecule has 2 N–H and O–H groups in total. The molecule has 0 aliphatic carbocycles. The van der Waals surface area contributed by atoms with E-state index in [0.29, 0.717) is 30.0 Å². The highest BCUT2D eigenvalue weighted by molar-refractivity contribution is 6.04. The lowest BCUT2D eigenvalue weighted by Crippen LogP contribution is -2.28. The fourth-order valence-electron chi connectivity index (χ4n) is 2.76. The third kappa shape index (κ3) is 7.01. The number of rotatable bonds is 9. The van der Waals surface area contributed by atoms with E-state index in [2.05, 4.69) is 10.6 Å². The van der Waals surface area contributed by atoms with Gasteiger partial charge in [0, 0.05) is 12.6 Å². The van der Waals surface area contributed by atoms with Gasteiger partial charge < -0.3 is 19.8 Å². The van der Waals surface area contributed by atoms with Gasteiger partial charge in [0.25, 0.3) is 11.8 Å². The number of carbonyl (C=O) groups excluding carboxylic acids is 3. The maximum Gasteiger partial charge on any atom is 0.331 e. The molecule has 1 aromatic heterocycles. The number of hydrogen-bond acceptors (Lipinski definition) is 5. The Morgan fingerprint density at radius 2 is 1.71 bits per heavy atom. The highest BCUT2D eigenvalue weighted by Gasteiger charge is 2.13. The van der Waals surface area contributed by atoms with Gasteiger partial charge in [-0.15, -0.1) is 0 Å². The average Bonchev–Trinajstić information content (AvgIpc) is 3.31. The van der Waals surface area contributed by atoms with E-state index in [9.17, 15) is 14.4 Å². The van der Waals surface area contributed by atoms with Crippen molar-refractivity contribution in [3.05, 3.63) is 96.0 Å². The minimum atomic E-state index is -0.682. The van der Waals surface area contributed by atoms with Gasteiger partial charge in [0.05, 0.1) is 17.5 Å². The molecule has 0 radical (unpaired) electrons. The summed E-state index contributed by atoms with van der Waals surface area (Å²) in [5.41, 5.74) is 1.78. The molecule has 2 aromatic carbocycles.